The number of hydrogen-bond acceptors (Lipinski definition) is 4. The second-order valence-electron chi connectivity index (χ2n) is 2.39. The summed E-state index contributed by atoms with van der Waals surface area (Å²) in [7, 11) is 0. The number of imidazole rings is 1. The fourth-order valence-corrected chi connectivity index (χ4v) is 1.54. The highest BCUT2D eigenvalue weighted by Crippen LogP contribution is 2.09. The van der Waals surface area contributed by atoms with E-state index in [4.69, 9.17) is 11.6 Å². The summed E-state index contributed by atoms with van der Waals surface area (Å²) < 4.78 is 2.05. The summed E-state index contributed by atoms with van der Waals surface area (Å²) in [4.78, 5) is 4.18. The average Bonchev–Trinajstić information content (AvgIpc) is 2.61. The molecule has 0 aliphatic carbocycles. The molecule has 1 rings (SSSR count). The first-order valence-electron chi connectivity index (χ1n) is 3.94. The zero-order chi connectivity index (χ0) is 9.68. The highest BCUT2D eigenvalue weighted by molar-refractivity contribution is 8.13. The van der Waals surface area contributed by atoms with Crippen LogP contribution in [0.25, 0.3) is 0 Å². The van der Waals surface area contributed by atoms with Gasteiger partial charge in [-0.3, -0.25) is 0 Å². The van der Waals surface area contributed by atoms with Crippen molar-refractivity contribution in [2.24, 2.45) is 16.7 Å². The van der Waals surface area contributed by atoms with Crippen LogP contribution >= 0.6 is 11.8 Å². The minimum absolute atomic E-state index is 0.380. The van der Waals surface area contributed by atoms with Gasteiger partial charge in [-0.2, -0.15) is 5.10 Å². The fourth-order valence-electron chi connectivity index (χ4n) is 0.944. The summed E-state index contributed by atoms with van der Waals surface area (Å²) in [6, 6.07) is 0. The first-order valence-corrected chi connectivity index (χ1v) is 4.92. The summed E-state index contributed by atoms with van der Waals surface area (Å²) in [6.45, 7) is 2.98. The first kappa shape index (κ1) is 9.91. The van der Waals surface area contributed by atoms with E-state index >= 15 is 0 Å². The molecule has 0 aliphatic rings. The van der Waals surface area contributed by atoms with Gasteiger partial charge in [0.2, 0.25) is 0 Å². The minimum atomic E-state index is 0.380. The van der Waals surface area contributed by atoms with Crippen molar-refractivity contribution in [1.29, 1.82) is 0 Å². The molecule has 0 fully saturated rings. The second-order valence-corrected chi connectivity index (χ2v) is 3.38. The molecule has 0 aromatic carbocycles. The first-order chi connectivity index (χ1) is 6.27. The van der Waals surface area contributed by atoms with E-state index in [1.165, 1.54) is 11.8 Å². The van der Waals surface area contributed by atoms with E-state index < -0.39 is 0 Å². The van der Waals surface area contributed by atoms with Crippen LogP contribution in [-0.4, -0.2) is 14.7 Å². The lowest BCUT2D eigenvalue weighted by Crippen LogP contribution is -2.10. The molecule has 0 saturated carbocycles. The maximum atomic E-state index is 5.43. The molecule has 0 bridgehead atoms. The van der Waals surface area contributed by atoms with Crippen molar-refractivity contribution < 1.29 is 0 Å². The lowest BCUT2D eigenvalue weighted by atomic mass is 10.6. The van der Waals surface area contributed by atoms with Gasteiger partial charge in [-0.05, 0) is 6.92 Å². The number of aryl methyl sites for hydroxylation is 1. The predicted octanol–water partition coefficient (Wildman–Crippen LogP) is 0.325. The number of nitrogens with two attached hydrogens (primary N) is 2. The fraction of sp³-hybridized carbons (Fsp3) is 0.429. The molecule has 1 aromatic heterocycles. The van der Waals surface area contributed by atoms with Crippen molar-refractivity contribution in [3.63, 3.8) is 0 Å². The van der Waals surface area contributed by atoms with E-state index in [0.29, 0.717) is 10.9 Å². The van der Waals surface area contributed by atoms with Crippen molar-refractivity contribution in [2.75, 3.05) is 0 Å². The Morgan fingerprint density at radius 2 is 2.54 bits per heavy atom. The standard InChI is InChI=1S/C7H13N5S/c1-2-12-4-3-10-6(12)5-13-7(8)11-9/h3-4H,2,5,9H2,1H3,(H2,8,11). The molecule has 0 radical (unpaired) electrons. The van der Waals surface area contributed by atoms with Gasteiger partial charge >= 0.3 is 0 Å². The van der Waals surface area contributed by atoms with Crippen molar-refractivity contribution in [3.8, 4) is 0 Å². The smallest absolute Gasteiger partial charge is 0.177 e. The van der Waals surface area contributed by atoms with Crippen LogP contribution in [0.3, 0.4) is 0 Å². The van der Waals surface area contributed by atoms with Crippen LogP contribution in [-0.2, 0) is 12.3 Å². The zero-order valence-electron chi connectivity index (χ0n) is 7.47. The molecule has 0 aliphatic heterocycles. The Morgan fingerprint density at radius 3 is 3.15 bits per heavy atom. The van der Waals surface area contributed by atoms with Crippen LogP contribution < -0.4 is 11.6 Å². The number of aromatic nitrogens is 2. The Balaban J connectivity index is 2.54. The van der Waals surface area contributed by atoms with Crippen LogP contribution in [0.5, 0.6) is 0 Å². The lowest BCUT2D eigenvalue weighted by molar-refractivity contribution is 0.726. The van der Waals surface area contributed by atoms with Crippen molar-refractivity contribution >= 4 is 16.9 Å². The van der Waals surface area contributed by atoms with Crippen LogP contribution in [0.2, 0.25) is 0 Å². The molecule has 5 nitrogen and oxygen atoms in total. The summed E-state index contributed by atoms with van der Waals surface area (Å²) in [6.07, 6.45) is 3.71. The zero-order valence-corrected chi connectivity index (χ0v) is 8.29. The van der Waals surface area contributed by atoms with Gasteiger partial charge in [-0.15, -0.1) is 0 Å². The Bertz CT molecular complexity index is 293. The van der Waals surface area contributed by atoms with E-state index in [-0.39, 0.29) is 0 Å². The molecule has 1 aromatic rings. The molecular formula is C7H13N5S. The normalized spacial score (nSPS) is 11.9. The van der Waals surface area contributed by atoms with Gasteiger partial charge in [-0.1, -0.05) is 11.8 Å². The maximum Gasteiger partial charge on any atom is 0.177 e. The monoisotopic (exact) mass is 199 g/mol. The van der Waals surface area contributed by atoms with Gasteiger partial charge in [0.25, 0.3) is 0 Å². The largest absolute Gasteiger partial charge is 0.377 e. The van der Waals surface area contributed by atoms with Crippen molar-refractivity contribution in [2.45, 2.75) is 19.2 Å². The van der Waals surface area contributed by atoms with E-state index in [1.807, 2.05) is 6.20 Å². The van der Waals surface area contributed by atoms with Gasteiger partial charge in [0.05, 0.1) is 5.75 Å². The molecule has 6 heteroatoms. The van der Waals surface area contributed by atoms with Crippen LogP contribution in [0.1, 0.15) is 12.7 Å². The second kappa shape index (κ2) is 4.76. The van der Waals surface area contributed by atoms with Gasteiger partial charge in [-0.25, -0.2) is 4.98 Å². The Kier molecular flexibility index (Phi) is 3.63. The summed E-state index contributed by atoms with van der Waals surface area (Å²) in [5.41, 5.74) is 5.43. The van der Waals surface area contributed by atoms with E-state index in [2.05, 4.69) is 21.6 Å². The average molecular weight is 199 g/mol. The Morgan fingerprint density at radius 1 is 1.77 bits per heavy atom. The molecule has 0 spiro atoms. The number of thioether (sulfide) groups is 1. The Hall–Kier alpha value is -1.17. The van der Waals surface area contributed by atoms with Gasteiger partial charge in [0.1, 0.15) is 5.82 Å². The summed E-state index contributed by atoms with van der Waals surface area (Å²) in [5.74, 6) is 6.68. The summed E-state index contributed by atoms with van der Waals surface area (Å²) >= 11 is 1.38. The molecule has 0 saturated heterocycles. The number of hydrazone groups is 1. The third-order valence-corrected chi connectivity index (χ3v) is 2.42. The van der Waals surface area contributed by atoms with Gasteiger partial charge in [0, 0.05) is 18.9 Å². The van der Waals surface area contributed by atoms with Crippen LogP contribution in [0.4, 0.5) is 0 Å². The van der Waals surface area contributed by atoms with Crippen LogP contribution in [0.15, 0.2) is 17.5 Å². The Labute approximate surface area is 81.2 Å². The number of hydrogen-bond donors (Lipinski definition) is 2. The molecule has 13 heavy (non-hydrogen) atoms. The summed E-state index contributed by atoms with van der Waals surface area (Å²) in [5, 5.41) is 3.74. The molecule has 4 N–H and O–H groups in total. The molecule has 0 atom stereocenters. The highest BCUT2D eigenvalue weighted by Gasteiger charge is 2.02. The topological polar surface area (TPSA) is 82.2 Å². The van der Waals surface area contributed by atoms with Crippen molar-refractivity contribution in [3.05, 3.63) is 18.2 Å². The third-order valence-electron chi connectivity index (χ3n) is 1.62. The molecule has 0 unspecified atom stereocenters. The molecule has 0 amide bonds. The number of amidine groups is 1. The van der Waals surface area contributed by atoms with E-state index in [1.54, 1.807) is 6.20 Å². The van der Waals surface area contributed by atoms with Crippen LogP contribution in [0, 0.1) is 0 Å². The maximum absolute atomic E-state index is 5.43. The minimum Gasteiger partial charge on any atom is -0.377 e. The van der Waals surface area contributed by atoms with Crippen molar-refractivity contribution in [1.82, 2.24) is 9.55 Å². The van der Waals surface area contributed by atoms with Gasteiger partial charge in [0.15, 0.2) is 5.17 Å². The lowest BCUT2D eigenvalue weighted by Gasteiger charge is -2.02. The number of rotatable bonds is 3. The van der Waals surface area contributed by atoms with E-state index in [9.17, 15) is 0 Å². The molecule has 72 valence electrons. The quantitative estimate of drug-likeness (QED) is 0.318. The molecule has 1 heterocycles. The molecular weight excluding hydrogens is 186 g/mol. The van der Waals surface area contributed by atoms with Gasteiger partial charge < -0.3 is 16.1 Å². The SMILES string of the molecule is CCn1ccnc1CSC(N)=NN. The third kappa shape index (κ3) is 2.66. The predicted molar refractivity (Wildman–Crippen MR) is 55.0 cm³/mol. The van der Waals surface area contributed by atoms with E-state index in [0.717, 1.165) is 12.4 Å². The highest BCUT2D eigenvalue weighted by atomic mass is 32.2. The number of nitrogens with zero attached hydrogens (tertiary/aromatic N) is 3.